The van der Waals surface area contributed by atoms with Gasteiger partial charge in [-0.3, -0.25) is 0 Å². The lowest BCUT2D eigenvalue weighted by Gasteiger charge is -2.57. The molecule has 2 heteroatoms. The van der Waals surface area contributed by atoms with E-state index in [1.54, 1.807) is 6.08 Å². The normalized spacial score (nSPS) is 42.1. The summed E-state index contributed by atoms with van der Waals surface area (Å²) < 4.78 is 5.06. The Hall–Kier alpha value is -0.790. The second-order valence-electron chi connectivity index (χ2n) is 6.78. The van der Waals surface area contributed by atoms with Crippen molar-refractivity contribution < 1.29 is 9.53 Å². The average molecular weight is 248 g/mol. The number of esters is 1. The van der Waals surface area contributed by atoms with Gasteiger partial charge in [-0.15, -0.1) is 0 Å². The molecule has 4 aliphatic carbocycles. The molecule has 0 radical (unpaired) electrons. The Labute approximate surface area is 110 Å². The molecule has 4 bridgehead atoms. The Morgan fingerprint density at radius 3 is 2.11 bits per heavy atom. The van der Waals surface area contributed by atoms with E-state index in [1.165, 1.54) is 44.1 Å². The van der Waals surface area contributed by atoms with Gasteiger partial charge >= 0.3 is 5.97 Å². The molecule has 100 valence electrons. The topological polar surface area (TPSA) is 26.3 Å². The van der Waals surface area contributed by atoms with Crippen molar-refractivity contribution in [3.8, 4) is 0 Å². The van der Waals surface area contributed by atoms with Gasteiger partial charge in [-0.1, -0.05) is 5.57 Å². The van der Waals surface area contributed by atoms with Gasteiger partial charge in [-0.05, 0) is 75.5 Å². The first-order valence-electron chi connectivity index (χ1n) is 7.47. The van der Waals surface area contributed by atoms with Crippen LogP contribution < -0.4 is 0 Å². The van der Waals surface area contributed by atoms with Crippen LogP contribution in [0.4, 0.5) is 0 Å². The fourth-order valence-corrected chi connectivity index (χ4v) is 5.11. The van der Waals surface area contributed by atoms with Crippen LogP contribution in [0, 0.1) is 23.2 Å². The zero-order chi connectivity index (χ0) is 12.8. The van der Waals surface area contributed by atoms with E-state index >= 15 is 0 Å². The Bertz CT molecular complexity index is 345. The van der Waals surface area contributed by atoms with Gasteiger partial charge in [0.15, 0.2) is 0 Å². The van der Waals surface area contributed by atoms with Crippen molar-refractivity contribution in [3.63, 3.8) is 0 Å². The molecule has 0 heterocycles. The Kier molecular flexibility index (Phi) is 2.99. The molecule has 0 atom stereocenters. The van der Waals surface area contributed by atoms with Crippen molar-refractivity contribution in [3.05, 3.63) is 11.6 Å². The van der Waals surface area contributed by atoms with Crippen LogP contribution in [0.15, 0.2) is 11.6 Å². The first-order chi connectivity index (χ1) is 8.61. The number of allylic oxidation sites excluding steroid dienone is 1. The summed E-state index contributed by atoms with van der Waals surface area (Å²) in [6.07, 6.45) is 10.1. The lowest BCUT2D eigenvalue weighted by Crippen LogP contribution is -2.46. The molecule has 4 fully saturated rings. The molecule has 2 nitrogen and oxygen atoms in total. The largest absolute Gasteiger partial charge is 0.463 e. The molecule has 0 unspecified atom stereocenters. The molecule has 4 rings (SSSR count). The summed E-state index contributed by atoms with van der Waals surface area (Å²) in [6, 6.07) is 0. The van der Waals surface area contributed by atoms with Crippen molar-refractivity contribution in [2.75, 3.05) is 6.61 Å². The molecule has 0 spiro atoms. The molecule has 4 aliphatic rings. The average Bonchev–Trinajstić information content (AvgIpc) is 2.27. The van der Waals surface area contributed by atoms with E-state index in [2.05, 4.69) is 6.92 Å². The summed E-state index contributed by atoms with van der Waals surface area (Å²) in [4.78, 5) is 11.6. The minimum atomic E-state index is -0.147. The molecule has 0 aliphatic heterocycles. The van der Waals surface area contributed by atoms with Crippen LogP contribution in [0.25, 0.3) is 0 Å². The van der Waals surface area contributed by atoms with E-state index < -0.39 is 0 Å². The van der Waals surface area contributed by atoms with Crippen LogP contribution in [-0.4, -0.2) is 12.6 Å². The maximum absolute atomic E-state index is 11.6. The lowest BCUT2D eigenvalue weighted by molar-refractivity contribution is -0.137. The van der Waals surface area contributed by atoms with E-state index in [4.69, 9.17) is 4.74 Å². The maximum Gasteiger partial charge on any atom is 0.330 e. The number of hydrogen-bond donors (Lipinski definition) is 0. The van der Waals surface area contributed by atoms with Crippen molar-refractivity contribution >= 4 is 5.97 Å². The van der Waals surface area contributed by atoms with Crippen LogP contribution in [0.3, 0.4) is 0 Å². The van der Waals surface area contributed by atoms with Gasteiger partial charge in [-0.25, -0.2) is 4.79 Å². The van der Waals surface area contributed by atoms with Gasteiger partial charge in [0.2, 0.25) is 0 Å². The first-order valence-corrected chi connectivity index (χ1v) is 7.47. The van der Waals surface area contributed by atoms with Gasteiger partial charge in [0.25, 0.3) is 0 Å². The van der Waals surface area contributed by atoms with Crippen LogP contribution in [-0.2, 0) is 9.53 Å². The molecule has 0 saturated heterocycles. The lowest BCUT2D eigenvalue weighted by atomic mass is 9.48. The summed E-state index contributed by atoms with van der Waals surface area (Å²) in [5, 5.41) is 0. The second-order valence-corrected chi connectivity index (χ2v) is 6.78. The predicted octanol–water partition coefficient (Wildman–Crippen LogP) is 3.71. The molecule has 0 N–H and O–H groups in total. The molecule has 0 aromatic carbocycles. The summed E-state index contributed by atoms with van der Waals surface area (Å²) in [5.41, 5.74) is 1.64. The highest BCUT2D eigenvalue weighted by atomic mass is 16.5. The third-order valence-corrected chi connectivity index (χ3v) is 5.50. The monoisotopic (exact) mass is 248 g/mol. The summed E-state index contributed by atoms with van der Waals surface area (Å²) in [6.45, 7) is 4.50. The van der Waals surface area contributed by atoms with Gasteiger partial charge in [-0.2, -0.15) is 0 Å². The van der Waals surface area contributed by atoms with Crippen LogP contribution in [0.5, 0.6) is 0 Å². The summed E-state index contributed by atoms with van der Waals surface area (Å²) in [7, 11) is 0. The zero-order valence-electron chi connectivity index (χ0n) is 11.6. The highest BCUT2D eigenvalue weighted by Crippen LogP contribution is 2.62. The van der Waals surface area contributed by atoms with Crippen LogP contribution in [0.2, 0.25) is 0 Å². The van der Waals surface area contributed by atoms with Gasteiger partial charge in [0, 0.05) is 6.08 Å². The molecular formula is C16H24O2. The Balaban J connectivity index is 1.80. The van der Waals surface area contributed by atoms with E-state index in [0.29, 0.717) is 12.0 Å². The Morgan fingerprint density at radius 1 is 1.17 bits per heavy atom. The molecule has 0 aromatic rings. The van der Waals surface area contributed by atoms with Crippen molar-refractivity contribution in [1.82, 2.24) is 0 Å². The zero-order valence-corrected chi connectivity index (χ0v) is 11.6. The van der Waals surface area contributed by atoms with Crippen molar-refractivity contribution in [2.45, 2.75) is 52.4 Å². The first kappa shape index (κ1) is 12.3. The van der Waals surface area contributed by atoms with Gasteiger partial charge < -0.3 is 4.74 Å². The smallest absolute Gasteiger partial charge is 0.330 e. The number of carbonyl (C=O) groups excluding carboxylic acids is 1. The number of carbonyl (C=O) groups is 1. The predicted molar refractivity (Wildman–Crippen MR) is 71.0 cm³/mol. The highest BCUT2D eigenvalue weighted by Gasteiger charge is 2.51. The quantitative estimate of drug-likeness (QED) is 0.562. The third kappa shape index (κ3) is 2.00. The fourth-order valence-electron chi connectivity index (χ4n) is 5.11. The molecular weight excluding hydrogens is 224 g/mol. The molecule has 18 heavy (non-hydrogen) atoms. The number of hydrogen-bond acceptors (Lipinski definition) is 2. The van der Waals surface area contributed by atoms with E-state index in [1.807, 2.05) is 6.92 Å². The maximum atomic E-state index is 11.6. The number of rotatable bonds is 3. The van der Waals surface area contributed by atoms with Gasteiger partial charge in [0.05, 0.1) is 6.61 Å². The minimum Gasteiger partial charge on any atom is -0.463 e. The van der Waals surface area contributed by atoms with E-state index in [0.717, 1.165) is 17.8 Å². The van der Waals surface area contributed by atoms with E-state index in [9.17, 15) is 4.79 Å². The van der Waals surface area contributed by atoms with Crippen molar-refractivity contribution in [2.24, 2.45) is 23.2 Å². The number of ether oxygens (including phenoxy) is 1. The SMILES string of the molecule is CCOC(=O)/C=C(\C)C12CC3CC(CC(C3)C1)C2. The third-order valence-electron chi connectivity index (χ3n) is 5.50. The van der Waals surface area contributed by atoms with Gasteiger partial charge in [0.1, 0.15) is 0 Å². The summed E-state index contributed by atoms with van der Waals surface area (Å²) in [5.74, 6) is 2.65. The summed E-state index contributed by atoms with van der Waals surface area (Å²) >= 11 is 0. The fraction of sp³-hybridized carbons (Fsp3) is 0.812. The van der Waals surface area contributed by atoms with E-state index in [-0.39, 0.29) is 5.97 Å². The molecule has 0 aromatic heterocycles. The Morgan fingerprint density at radius 2 is 1.67 bits per heavy atom. The standard InChI is InChI=1S/C16H24O2/c1-3-18-15(17)4-11(2)16-8-12-5-13(9-16)7-14(6-12)10-16/h4,12-14H,3,5-10H2,1-2H3/b11-4+. The van der Waals surface area contributed by atoms with Crippen molar-refractivity contribution in [1.29, 1.82) is 0 Å². The second kappa shape index (κ2) is 4.40. The van der Waals surface area contributed by atoms with Crippen LogP contribution >= 0.6 is 0 Å². The molecule has 0 amide bonds. The van der Waals surface area contributed by atoms with Crippen LogP contribution in [0.1, 0.15) is 52.4 Å². The molecule has 4 saturated carbocycles. The highest BCUT2D eigenvalue weighted by molar-refractivity contribution is 5.83. The minimum absolute atomic E-state index is 0.147.